The van der Waals surface area contributed by atoms with E-state index in [0.717, 1.165) is 13.1 Å². The molecule has 0 spiro atoms. The van der Waals surface area contributed by atoms with Crippen LogP contribution in [0, 0.1) is 22.0 Å². The maximum Gasteiger partial charge on any atom is 0.292 e. The Morgan fingerprint density at radius 2 is 1.69 bits per heavy atom. The van der Waals surface area contributed by atoms with Crippen LogP contribution < -0.4 is 15.5 Å². The van der Waals surface area contributed by atoms with Crippen molar-refractivity contribution in [3.63, 3.8) is 0 Å². The lowest BCUT2D eigenvalue weighted by Crippen LogP contribution is -2.38. The van der Waals surface area contributed by atoms with Crippen molar-refractivity contribution in [3.05, 3.63) is 63.7 Å². The number of rotatable bonds is 7. The predicted molar refractivity (Wildman–Crippen MR) is 115 cm³/mol. The molecule has 1 aliphatic rings. The fraction of sp³-hybridized carbons (Fsp3) is 0.409. The van der Waals surface area contributed by atoms with Gasteiger partial charge in [0.05, 0.1) is 10.5 Å². The maximum absolute atomic E-state index is 12.4. The number of benzene rings is 2. The molecule has 2 N–H and O–H groups in total. The van der Waals surface area contributed by atoms with Crippen molar-refractivity contribution in [1.82, 2.24) is 5.32 Å². The molecule has 0 saturated carbocycles. The van der Waals surface area contributed by atoms with Crippen LogP contribution in [0.4, 0.5) is 17.1 Å². The fourth-order valence-electron chi connectivity index (χ4n) is 3.66. The predicted octanol–water partition coefficient (Wildman–Crippen LogP) is 4.57. The summed E-state index contributed by atoms with van der Waals surface area (Å²) in [5.41, 5.74) is 2.60. The summed E-state index contributed by atoms with van der Waals surface area (Å²) in [6.45, 7) is 9.89. The molecular weight excluding hydrogens is 368 g/mol. The number of nitro groups is 1. The first-order valence-electron chi connectivity index (χ1n) is 9.96. The van der Waals surface area contributed by atoms with Crippen molar-refractivity contribution >= 4 is 23.0 Å². The average molecular weight is 396 g/mol. The second kappa shape index (κ2) is 8.51. The van der Waals surface area contributed by atoms with Crippen molar-refractivity contribution in [2.75, 3.05) is 23.3 Å². The van der Waals surface area contributed by atoms with Gasteiger partial charge in [-0.3, -0.25) is 14.9 Å². The summed E-state index contributed by atoms with van der Waals surface area (Å²) >= 11 is 0. The molecule has 0 aromatic heterocycles. The average Bonchev–Trinajstić information content (AvgIpc) is 2.66. The van der Waals surface area contributed by atoms with Crippen LogP contribution in [0.15, 0.2) is 42.5 Å². The van der Waals surface area contributed by atoms with Crippen LogP contribution in [0.2, 0.25) is 0 Å². The molecule has 29 heavy (non-hydrogen) atoms. The highest BCUT2D eigenvalue weighted by atomic mass is 16.6. The Morgan fingerprint density at radius 3 is 2.31 bits per heavy atom. The minimum atomic E-state index is -0.520. The molecule has 0 saturated heterocycles. The van der Waals surface area contributed by atoms with Gasteiger partial charge in [-0.1, -0.05) is 45.9 Å². The van der Waals surface area contributed by atoms with E-state index >= 15 is 0 Å². The van der Waals surface area contributed by atoms with E-state index in [2.05, 4.69) is 43.2 Å². The summed E-state index contributed by atoms with van der Waals surface area (Å²) in [7, 11) is 0. The topological polar surface area (TPSA) is 87.5 Å². The number of nitro benzene ring substituents is 1. The Hall–Kier alpha value is -3.09. The second-order valence-corrected chi connectivity index (χ2v) is 8.29. The van der Waals surface area contributed by atoms with Crippen molar-refractivity contribution in [2.45, 2.75) is 33.9 Å². The minimum absolute atomic E-state index is 0.0544. The highest BCUT2D eigenvalue weighted by Gasteiger charge is 2.28. The summed E-state index contributed by atoms with van der Waals surface area (Å²) in [6.07, 6.45) is -0.520. The normalized spacial score (nSPS) is 15.7. The van der Waals surface area contributed by atoms with Crippen LogP contribution in [0.5, 0.6) is 0 Å². The van der Waals surface area contributed by atoms with E-state index in [4.69, 9.17) is 0 Å². The van der Waals surface area contributed by atoms with E-state index in [1.54, 1.807) is 24.3 Å². The molecule has 0 bridgehead atoms. The standard InChI is InChI=1S/C22H28N4O3/c1-14(2)12-25(13-15(3)4)19-10-9-16(11-20(19)26(28)29)21-23-18-8-6-5-7-17(18)22(27)24-21/h5-11,14-15,21,23H,12-13H2,1-4H3,(H,24,27). The Labute approximate surface area is 171 Å². The van der Waals surface area contributed by atoms with Gasteiger partial charge in [0.1, 0.15) is 11.9 Å². The van der Waals surface area contributed by atoms with Gasteiger partial charge in [-0.25, -0.2) is 0 Å². The molecule has 1 heterocycles. The molecule has 154 valence electrons. The van der Waals surface area contributed by atoms with Crippen LogP contribution >= 0.6 is 0 Å². The molecule has 2 aromatic rings. The monoisotopic (exact) mass is 396 g/mol. The zero-order chi connectivity index (χ0) is 21.1. The van der Waals surface area contributed by atoms with Gasteiger partial charge in [-0.05, 0) is 30.0 Å². The van der Waals surface area contributed by atoms with Crippen LogP contribution in [-0.2, 0) is 0 Å². The van der Waals surface area contributed by atoms with Crippen LogP contribution in [0.3, 0.4) is 0 Å². The molecule has 2 aromatic carbocycles. The van der Waals surface area contributed by atoms with E-state index in [-0.39, 0.29) is 16.5 Å². The third-order valence-electron chi connectivity index (χ3n) is 4.79. The minimum Gasteiger partial charge on any atom is -0.365 e. The van der Waals surface area contributed by atoms with Crippen molar-refractivity contribution < 1.29 is 9.72 Å². The van der Waals surface area contributed by atoms with Gasteiger partial charge in [0.2, 0.25) is 0 Å². The molecule has 1 atom stereocenters. The first-order chi connectivity index (χ1) is 13.8. The van der Waals surface area contributed by atoms with Crippen molar-refractivity contribution in [1.29, 1.82) is 0 Å². The number of para-hydroxylation sites is 1. The Kier molecular flexibility index (Phi) is 6.06. The molecule has 0 radical (unpaired) electrons. The van der Waals surface area contributed by atoms with Gasteiger partial charge in [0, 0.05) is 30.4 Å². The molecule has 0 fully saturated rings. The number of amides is 1. The van der Waals surface area contributed by atoms with Gasteiger partial charge in [0.15, 0.2) is 0 Å². The van der Waals surface area contributed by atoms with E-state index in [1.807, 2.05) is 18.2 Å². The summed E-state index contributed by atoms with van der Waals surface area (Å²) in [6, 6.07) is 12.4. The lowest BCUT2D eigenvalue weighted by molar-refractivity contribution is -0.384. The van der Waals surface area contributed by atoms with Crippen LogP contribution in [0.1, 0.15) is 49.8 Å². The van der Waals surface area contributed by atoms with Gasteiger partial charge in [0.25, 0.3) is 11.6 Å². The molecular formula is C22H28N4O3. The summed E-state index contributed by atoms with van der Waals surface area (Å²) in [5.74, 6) is 0.560. The highest BCUT2D eigenvalue weighted by molar-refractivity contribution is 6.01. The van der Waals surface area contributed by atoms with Crippen molar-refractivity contribution in [3.8, 4) is 0 Å². The number of carbonyl (C=O) groups is 1. The van der Waals surface area contributed by atoms with E-state index in [9.17, 15) is 14.9 Å². The number of hydrogen-bond acceptors (Lipinski definition) is 5. The van der Waals surface area contributed by atoms with Crippen molar-refractivity contribution in [2.24, 2.45) is 11.8 Å². The second-order valence-electron chi connectivity index (χ2n) is 8.29. The summed E-state index contributed by atoms with van der Waals surface area (Å²) in [5, 5.41) is 18.0. The Bertz CT molecular complexity index is 901. The Balaban J connectivity index is 1.96. The first-order valence-corrected chi connectivity index (χ1v) is 9.96. The van der Waals surface area contributed by atoms with Gasteiger partial charge in [-0.15, -0.1) is 0 Å². The van der Waals surface area contributed by atoms with Crippen LogP contribution in [0.25, 0.3) is 0 Å². The van der Waals surface area contributed by atoms with Gasteiger partial charge in [-0.2, -0.15) is 0 Å². The fourth-order valence-corrected chi connectivity index (χ4v) is 3.66. The Morgan fingerprint density at radius 1 is 1.03 bits per heavy atom. The molecule has 1 amide bonds. The third kappa shape index (κ3) is 4.67. The molecule has 7 heteroatoms. The van der Waals surface area contributed by atoms with E-state index in [1.165, 1.54) is 0 Å². The first kappa shape index (κ1) is 20.6. The highest BCUT2D eigenvalue weighted by Crippen LogP contribution is 2.34. The molecule has 7 nitrogen and oxygen atoms in total. The van der Waals surface area contributed by atoms with Crippen LogP contribution in [-0.4, -0.2) is 23.9 Å². The lowest BCUT2D eigenvalue weighted by atomic mass is 10.0. The number of anilines is 2. The molecule has 3 rings (SSSR count). The number of nitrogens with one attached hydrogen (secondary N) is 2. The molecule has 1 unspecified atom stereocenters. The number of fused-ring (bicyclic) bond motifs is 1. The van der Waals surface area contributed by atoms with Gasteiger partial charge >= 0.3 is 0 Å². The zero-order valence-electron chi connectivity index (χ0n) is 17.3. The zero-order valence-corrected chi connectivity index (χ0v) is 17.3. The van der Waals surface area contributed by atoms with E-state index in [0.29, 0.717) is 34.3 Å². The molecule has 0 aliphatic carbocycles. The lowest BCUT2D eigenvalue weighted by Gasteiger charge is -2.30. The number of carbonyl (C=O) groups excluding carboxylic acids is 1. The quantitative estimate of drug-likeness (QED) is 0.529. The summed E-state index contributed by atoms with van der Waals surface area (Å²) in [4.78, 5) is 26.0. The number of hydrogen-bond donors (Lipinski definition) is 2. The largest absolute Gasteiger partial charge is 0.365 e. The maximum atomic E-state index is 12.4. The summed E-state index contributed by atoms with van der Waals surface area (Å²) < 4.78 is 0. The smallest absolute Gasteiger partial charge is 0.292 e. The number of nitrogens with zero attached hydrogens (tertiary/aromatic N) is 2. The van der Waals surface area contributed by atoms with Gasteiger partial charge < -0.3 is 15.5 Å². The van der Waals surface area contributed by atoms with E-state index < -0.39 is 6.17 Å². The SMILES string of the molecule is CC(C)CN(CC(C)C)c1ccc(C2NC(=O)c3ccccc3N2)cc1[N+](=O)[O-]. The molecule has 1 aliphatic heterocycles. The third-order valence-corrected chi connectivity index (χ3v) is 4.79.